The SMILES string of the molecule is CCOc1ccccc1S(=O)(=O)N1CC(n2cc(CN3CCCC3=O)nn2)C1. The van der Waals surface area contributed by atoms with Crippen LogP contribution in [0.25, 0.3) is 0 Å². The van der Waals surface area contributed by atoms with Crippen molar-refractivity contribution in [2.75, 3.05) is 26.2 Å². The van der Waals surface area contributed by atoms with Crippen LogP contribution >= 0.6 is 0 Å². The zero-order chi connectivity index (χ0) is 19.7. The quantitative estimate of drug-likeness (QED) is 0.683. The van der Waals surface area contributed by atoms with Crippen LogP contribution in [-0.2, 0) is 21.4 Å². The van der Waals surface area contributed by atoms with Crippen molar-refractivity contribution >= 4 is 15.9 Å². The zero-order valence-corrected chi connectivity index (χ0v) is 16.5. The highest BCUT2D eigenvalue weighted by molar-refractivity contribution is 7.89. The van der Waals surface area contributed by atoms with Gasteiger partial charge in [0.15, 0.2) is 0 Å². The Balaban J connectivity index is 1.41. The van der Waals surface area contributed by atoms with Gasteiger partial charge in [-0.3, -0.25) is 4.79 Å². The average molecular weight is 405 g/mol. The van der Waals surface area contributed by atoms with Gasteiger partial charge in [-0.25, -0.2) is 13.1 Å². The summed E-state index contributed by atoms with van der Waals surface area (Å²) in [6.45, 7) is 4.08. The number of rotatable bonds is 7. The van der Waals surface area contributed by atoms with E-state index in [1.807, 2.05) is 6.92 Å². The smallest absolute Gasteiger partial charge is 0.246 e. The Bertz CT molecular complexity index is 968. The van der Waals surface area contributed by atoms with Crippen LogP contribution in [0.4, 0.5) is 0 Å². The van der Waals surface area contributed by atoms with Crippen LogP contribution in [0, 0.1) is 0 Å². The van der Waals surface area contributed by atoms with Crippen LogP contribution in [0.2, 0.25) is 0 Å². The van der Waals surface area contributed by atoms with Crippen molar-refractivity contribution in [1.82, 2.24) is 24.2 Å². The van der Waals surface area contributed by atoms with Gasteiger partial charge in [-0.15, -0.1) is 5.10 Å². The van der Waals surface area contributed by atoms with Crippen molar-refractivity contribution < 1.29 is 17.9 Å². The Morgan fingerprint density at radius 2 is 2.04 bits per heavy atom. The fraction of sp³-hybridized carbons (Fsp3) is 0.500. The van der Waals surface area contributed by atoms with E-state index in [1.165, 1.54) is 4.31 Å². The van der Waals surface area contributed by atoms with Crippen LogP contribution < -0.4 is 4.74 Å². The van der Waals surface area contributed by atoms with E-state index < -0.39 is 10.0 Å². The molecule has 2 aromatic rings. The highest BCUT2D eigenvalue weighted by Gasteiger charge is 2.39. The number of hydrogen-bond donors (Lipinski definition) is 0. The van der Waals surface area contributed by atoms with Gasteiger partial charge in [0.05, 0.1) is 25.4 Å². The number of carbonyl (C=O) groups excluding carboxylic acids is 1. The molecule has 28 heavy (non-hydrogen) atoms. The minimum absolute atomic E-state index is 0.0652. The van der Waals surface area contributed by atoms with Gasteiger partial charge in [-0.2, -0.15) is 4.31 Å². The Morgan fingerprint density at radius 3 is 2.75 bits per heavy atom. The van der Waals surface area contributed by atoms with E-state index in [-0.39, 0.29) is 16.8 Å². The first-order chi connectivity index (χ1) is 13.5. The van der Waals surface area contributed by atoms with Crippen molar-refractivity contribution in [1.29, 1.82) is 0 Å². The fourth-order valence-corrected chi connectivity index (χ4v) is 5.13. The van der Waals surface area contributed by atoms with Gasteiger partial charge >= 0.3 is 0 Å². The second kappa shape index (κ2) is 7.51. The Morgan fingerprint density at radius 1 is 1.25 bits per heavy atom. The molecule has 0 atom stereocenters. The van der Waals surface area contributed by atoms with Crippen molar-refractivity contribution in [2.24, 2.45) is 0 Å². The van der Waals surface area contributed by atoms with Gasteiger partial charge < -0.3 is 9.64 Å². The minimum atomic E-state index is -3.62. The topological polar surface area (TPSA) is 97.6 Å². The molecule has 0 aliphatic carbocycles. The largest absolute Gasteiger partial charge is 0.492 e. The summed E-state index contributed by atoms with van der Waals surface area (Å²) in [6, 6.07) is 6.61. The molecule has 0 saturated carbocycles. The Labute approximate surface area is 163 Å². The lowest BCUT2D eigenvalue weighted by Gasteiger charge is -2.37. The molecule has 4 rings (SSSR count). The van der Waals surface area contributed by atoms with E-state index >= 15 is 0 Å². The van der Waals surface area contributed by atoms with Gasteiger partial charge in [-0.05, 0) is 25.5 Å². The second-order valence-corrected chi connectivity index (χ2v) is 8.87. The monoisotopic (exact) mass is 405 g/mol. The highest BCUT2D eigenvalue weighted by atomic mass is 32.2. The maximum Gasteiger partial charge on any atom is 0.246 e. The van der Waals surface area contributed by atoms with Crippen molar-refractivity contribution in [3.05, 3.63) is 36.2 Å². The molecular weight excluding hydrogens is 382 g/mol. The summed E-state index contributed by atoms with van der Waals surface area (Å²) in [5, 5.41) is 8.26. The van der Waals surface area contributed by atoms with Crippen LogP contribution in [0.15, 0.2) is 35.4 Å². The summed E-state index contributed by atoms with van der Waals surface area (Å²) in [4.78, 5) is 13.7. The minimum Gasteiger partial charge on any atom is -0.492 e. The van der Waals surface area contributed by atoms with E-state index in [2.05, 4.69) is 10.3 Å². The number of aromatic nitrogens is 3. The molecule has 2 aliphatic heterocycles. The lowest BCUT2D eigenvalue weighted by atomic mass is 10.2. The van der Waals surface area contributed by atoms with Gasteiger partial charge in [0.1, 0.15) is 16.3 Å². The normalized spacial score (nSPS) is 18.5. The molecule has 2 fully saturated rings. The molecule has 1 aromatic carbocycles. The number of sulfonamides is 1. The van der Waals surface area contributed by atoms with Crippen molar-refractivity contribution in [2.45, 2.75) is 37.2 Å². The maximum absolute atomic E-state index is 12.9. The molecule has 1 aromatic heterocycles. The van der Waals surface area contributed by atoms with Crippen molar-refractivity contribution in [3.63, 3.8) is 0 Å². The van der Waals surface area contributed by atoms with Gasteiger partial charge in [-0.1, -0.05) is 17.3 Å². The summed E-state index contributed by atoms with van der Waals surface area (Å²) in [7, 11) is -3.62. The Hall–Kier alpha value is -2.46. The third kappa shape index (κ3) is 3.49. The lowest BCUT2D eigenvalue weighted by molar-refractivity contribution is -0.128. The molecule has 2 aliphatic rings. The molecule has 1 amide bonds. The van der Waals surface area contributed by atoms with E-state index in [0.717, 1.165) is 18.7 Å². The average Bonchev–Trinajstić information content (AvgIpc) is 3.24. The van der Waals surface area contributed by atoms with Crippen molar-refractivity contribution in [3.8, 4) is 5.75 Å². The number of ether oxygens (including phenoxy) is 1. The molecule has 0 radical (unpaired) electrons. The number of nitrogens with zero attached hydrogens (tertiary/aromatic N) is 5. The number of benzene rings is 1. The molecule has 2 saturated heterocycles. The first-order valence-electron chi connectivity index (χ1n) is 9.39. The summed E-state index contributed by atoms with van der Waals surface area (Å²) >= 11 is 0. The summed E-state index contributed by atoms with van der Waals surface area (Å²) in [6.07, 6.45) is 3.27. The maximum atomic E-state index is 12.9. The Kier molecular flexibility index (Phi) is 5.07. The number of para-hydroxylation sites is 1. The number of amides is 1. The number of carbonyl (C=O) groups is 1. The first kappa shape index (κ1) is 18.9. The summed E-state index contributed by atoms with van der Waals surface area (Å²) in [5.74, 6) is 0.509. The standard InChI is InChI=1S/C18H23N5O4S/c1-2-27-16-6-3-4-7-17(16)28(25,26)22-12-15(13-22)23-11-14(19-20-23)10-21-9-5-8-18(21)24/h3-4,6-7,11,15H,2,5,8-10,12-13H2,1H3. The molecule has 0 bridgehead atoms. The first-order valence-corrected chi connectivity index (χ1v) is 10.8. The third-order valence-corrected chi connectivity index (χ3v) is 6.92. The zero-order valence-electron chi connectivity index (χ0n) is 15.7. The molecular formula is C18H23N5O4S. The number of hydrogen-bond acceptors (Lipinski definition) is 6. The molecule has 9 nitrogen and oxygen atoms in total. The number of likely N-dealkylation sites (tertiary alicyclic amines) is 1. The van der Waals surface area contributed by atoms with Gasteiger partial charge in [0.25, 0.3) is 0 Å². The lowest BCUT2D eigenvalue weighted by Crippen LogP contribution is -2.50. The highest BCUT2D eigenvalue weighted by Crippen LogP contribution is 2.32. The molecule has 0 unspecified atom stereocenters. The molecule has 3 heterocycles. The van der Waals surface area contributed by atoms with E-state index in [1.54, 1.807) is 40.0 Å². The second-order valence-electron chi connectivity index (χ2n) is 6.96. The van der Waals surface area contributed by atoms with Crippen LogP contribution in [0.3, 0.4) is 0 Å². The van der Waals surface area contributed by atoms with Crippen LogP contribution in [0.1, 0.15) is 31.5 Å². The summed E-state index contributed by atoms with van der Waals surface area (Å²) < 4.78 is 34.4. The molecule has 0 spiro atoms. The van der Waals surface area contributed by atoms with Gasteiger partial charge in [0.2, 0.25) is 15.9 Å². The predicted octanol–water partition coefficient (Wildman–Crippen LogP) is 1.04. The van der Waals surface area contributed by atoms with E-state index in [9.17, 15) is 13.2 Å². The van der Waals surface area contributed by atoms with Crippen LogP contribution in [-0.4, -0.2) is 64.8 Å². The van der Waals surface area contributed by atoms with Crippen LogP contribution in [0.5, 0.6) is 5.75 Å². The van der Waals surface area contributed by atoms with Gasteiger partial charge in [0, 0.05) is 26.1 Å². The molecule has 10 heteroatoms. The van der Waals surface area contributed by atoms with E-state index in [0.29, 0.717) is 38.4 Å². The molecule has 0 N–H and O–H groups in total. The third-order valence-electron chi connectivity index (χ3n) is 5.05. The predicted molar refractivity (Wildman–Crippen MR) is 100 cm³/mol. The fourth-order valence-electron chi connectivity index (χ4n) is 3.49. The molecule has 150 valence electrons. The summed E-state index contributed by atoms with van der Waals surface area (Å²) in [5.41, 5.74) is 0.721. The van der Waals surface area contributed by atoms with E-state index in [4.69, 9.17) is 4.74 Å².